The number of phenols is 1. The van der Waals surface area contributed by atoms with Crippen molar-refractivity contribution in [3.05, 3.63) is 35.1 Å². The van der Waals surface area contributed by atoms with Crippen molar-refractivity contribution in [1.82, 2.24) is 0 Å². The minimum atomic E-state index is -0.877. The molecule has 3 rings (SSSR count). The number of phenolic OH excluding ortho intramolecular Hbond substituents is 1. The summed E-state index contributed by atoms with van der Waals surface area (Å²) in [6, 6.07) is 3.63. The molecule has 1 saturated carbocycles. The molecule has 0 bridgehead atoms. The van der Waals surface area contributed by atoms with Crippen LogP contribution in [0.25, 0.3) is 0 Å². The minimum absolute atomic E-state index is 0.160. The molecule has 1 fully saturated rings. The van der Waals surface area contributed by atoms with Gasteiger partial charge >= 0.3 is 5.97 Å². The molecule has 1 aromatic carbocycles. The van der Waals surface area contributed by atoms with E-state index in [2.05, 4.69) is 20.8 Å². The van der Waals surface area contributed by atoms with E-state index in [0.717, 1.165) is 37.7 Å². The first-order chi connectivity index (χ1) is 14.1. The molecular formula is C25H36O5. The van der Waals surface area contributed by atoms with Gasteiger partial charge in [-0.1, -0.05) is 13.3 Å². The molecule has 166 valence electrons. The molecule has 0 radical (unpaired) electrons. The second-order valence-electron chi connectivity index (χ2n) is 9.69. The van der Waals surface area contributed by atoms with Crippen molar-refractivity contribution in [2.45, 2.75) is 83.7 Å². The summed E-state index contributed by atoms with van der Waals surface area (Å²) in [4.78, 5) is 12.7. The summed E-state index contributed by atoms with van der Waals surface area (Å²) in [5.41, 5.74) is 1.58. The second kappa shape index (κ2) is 8.52. The lowest BCUT2D eigenvalue weighted by Gasteiger charge is -2.48. The molecule has 0 aromatic heterocycles. The SMILES string of the molecule is CCCCOC(=O)C(C)(C)c1cc(O)c2c(c1)OC(C)(C)C1CC/C(=C/OC)CC21. The molecule has 0 spiro atoms. The van der Waals surface area contributed by atoms with Crippen LogP contribution < -0.4 is 4.74 Å². The van der Waals surface area contributed by atoms with Gasteiger partial charge in [0, 0.05) is 17.4 Å². The highest BCUT2D eigenvalue weighted by Crippen LogP contribution is 2.55. The van der Waals surface area contributed by atoms with Gasteiger partial charge in [0.1, 0.15) is 17.1 Å². The van der Waals surface area contributed by atoms with Gasteiger partial charge in [-0.25, -0.2) is 0 Å². The van der Waals surface area contributed by atoms with Gasteiger partial charge in [-0.2, -0.15) is 0 Å². The maximum Gasteiger partial charge on any atom is 0.315 e. The fraction of sp³-hybridized carbons (Fsp3) is 0.640. The number of hydrogen-bond donors (Lipinski definition) is 1. The average Bonchev–Trinajstić information content (AvgIpc) is 2.67. The van der Waals surface area contributed by atoms with Gasteiger partial charge in [0.05, 0.1) is 25.4 Å². The van der Waals surface area contributed by atoms with Crippen LogP contribution in [0.3, 0.4) is 0 Å². The maximum atomic E-state index is 12.7. The van der Waals surface area contributed by atoms with Crippen LogP contribution in [0.2, 0.25) is 0 Å². The number of aromatic hydroxyl groups is 1. The minimum Gasteiger partial charge on any atom is -0.508 e. The highest BCUT2D eigenvalue weighted by molar-refractivity contribution is 5.82. The highest BCUT2D eigenvalue weighted by atomic mass is 16.5. The number of allylic oxidation sites excluding steroid dienone is 1. The summed E-state index contributed by atoms with van der Waals surface area (Å²) in [5.74, 6) is 1.05. The van der Waals surface area contributed by atoms with Crippen LogP contribution in [-0.4, -0.2) is 30.4 Å². The Morgan fingerprint density at radius 2 is 2.10 bits per heavy atom. The van der Waals surface area contributed by atoms with Gasteiger partial charge in [0.2, 0.25) is 0 Å². The summed E-state index contributed by atoms with van der Waals surface area (Å²) in [7, 11) is 1.67. The van der Waals surface area contributed by atoms with Crippen LogP contribution in [-0.2, 0) is 19.7 Å². The lowest BCUT2D eigenvalue weighted by molar-refractivity contribution is -0.149. The molecule has 1 aliphatic carbocycles. The molecule has 30 heavy (non-hydrogen) atoms. The van der Waals surface area contributed by atoms with Crippen LogP contribution >= 0.6 is 0 Å². The molecule has 2 unspecified atom stereocenters. The van der Waals surface area contributed by atoms with Crippen LogP contribution in [0.5, 0.6) is 11.5 Å². The van der Waals surface area contributed by atoms with Crippen molar-refractivity contribution in [2.24, 2.45) is 5.92 Å². The van der Waals surface area contributed by atoms with E-state index < -0.39 is 5.41 Å². The Bertz CT molecular complexity index is 821. The fourth-order valence-electron chi connectivity index (χ4n) is 4.87. The van der Waals surface area contributed by atoms with E-state index in [4.69, 9.17) is 14.2 Å². The Hall–Kier alpha value is -2.17. The Labute approximate surface area is 180 Å². The maximum absolute atomic E-state index is 12.7. The third-order valence-electron chi connectivity index (χ3n) is 6.75. The lowest BCUT2D eigenvalue weighted by atomic mass is 9.65. The Balaban J connectivity index is 1.98. The third kappa shape index (κ3) is 4.17. The van der Waals surface area contributed by atoms with Crippen molar-refractivity contribution in [2.75, 3.05) is 13.7 Å². The zero-order valence-electron chi connectivity index (χ0n) is 19.2. The van der Waals surface area contributed by atoms with Crippen LogP contribution in [0.1, 0.15) is 83.8 Å². The molecule has 5 nitrogen and oxygen atoms in total. The quantitative estimate of drug-likeness (QED) is 0.372. The van der Waals surface area contributed by atoms with Gasteiger partial charge in [-0.05, 0) is 76.6 Å². The predicted octanol–water partition coefficient (Wildman–Crippen LogP) is 5.60. The monoisotopic (exact) mass is 416 g/mol. The molecular weight excluding hydrogens is 380 g/mol. The summed E-state index contributed by atoms with van der Waals surface area (Å²) < 4.78 is 17.1. The topological polar surface area (TPSA) is 65.0 Å². The number of unbranched alkanes of at least 4 members (excludes halogenated alkanes) is 1. The zero-order chi connectivity index (χ0) is 22.1. The highest BCUT2D eigenvalue weighted by Gasteiger charge is 2.47. The Morgan fingerprint density at radius 3 is 2.77 bits per heavy atom. The Kier molecular flexibility index (Phi) is 6.40. The summed E-state index contributed by atoms with van der Waals surface area (Å²) in [6.07, 6.45) is 6.45. The van der Waals surface area contributed by atoms with E-state index >= 15 is 0 Å². The molecule has 1 heterocycles. The lowest BCUT2D eigenvalue weighted by Crippen LogP contribution is -2.46. The van der Waals surface area contributed by atoms with Crippen molar-refractivity contribution in [3.63, 3.8) is 0 Å². The number of carbonyl (C=O) groups excluding carboxylic acids is 1. The van der Waals surface area contributed by atoms with Crippen molar-refractivity contribution in [1.29, 1.82) is 0 Å². The normalized spacial score (nSPS) is 23.9. The van der Waals surface area contributed by atoms with Crippen molar-refractivity contribution < 1.29 is 24.1 Å². The van der Waals surface area contributed by atoms with Crippen LogP contribution in [0, 0.1) is 5.92 Å². The number of carbonyl (C=O) groups is 1. The average molecular weight is 417 g/mol. The smallest absolute Gasteiger partial charge is 0.315 e. The molecule has 1 aromatic rings. The zero-order valence-corrected chi connectivity index (χ0v) is 19.2. The van der Waals surface area contributed by atoms with E-state index in [1.807, 2.05) is 26.2 Å². The fourth-order valence-corrected chi connectivity index (χ4v) is 4.87. The summed E-state index contributed by atoms with van der Waals surface area (Å²) in [6.45, 7) is 10.4. The molecule has 2 atom stereocenters. The van der Waals surface area contributed by atoms with Crippen LogP contribution in [0.15, 0.2) is 24.0 Å². The summed E-state index contributed by atoms with van der Waals surface area (Å²) in [5, 5.41) is 11.0. The largest absolute Gasteiger partial charge is 0.508 e. The van der Waals surface area contributed by atoms with E-state index in [1.54, 1.807) is 13.2 Å². The number of methoxy groups -OCH3 is 1. The predicted molar refractivity (Wildman–Crippen MR) is 117 cm³/mol. The first kappa shape index (κ1) is 22.5. The molecule has 1 aliphatic heterocycles. The van der Waals surface area contributed by atoms with Crippen molar-refractivity contribution >= 4 is 5.97 Å². The van der Waals surface area contributed by atoms with Gasteiger partial charge in [0.25, 0.3) is 0 Å². The Morgan fingerprint density at radius 1 is 1.37 bits per heavy atom. The van der Waals surface area contributed by atoms with Gasteiger partial charge in [-0.15, -0.1) is 0 Å². The van der Waals surface area contributed by atoms with E-state index in [0.29, 0.717) is 23.8 Å². The van der Waals surface area contributed by atoms with E-state index in [9.17, 15) is 9.90 Å². The standard InChI is InChI=1S/C25H36O5/c1-7-8-11-29-23(27)24(2,3)17-13-20(26)22-18-12-16(15-28-6)9-10-19(18)25(4,5)30-21(22)14-17/h13-15,18-19,26H,7-12H2,1-6H3/b16-15-. The first-order valence-electron chi connectivity index (χ1n) is 11.1. The van der Waals surface area contributed by atoms with E-state index in [-0.39, 0.29) is 23.2 Å². The second-order valence-corrected chi connectivity index (χ2v) is 9.69. The number of esters is 1. The van der Waals surface area contributed by atoms with Gasteiger partial charge in [-0.3, -0.25) is 4.79 Å². The number of hydrogen-bond acceptors (Lipinski definition) is 5. The third-order valence-corrected chi connectivity index (χ3v) is 6.75. The van der Waals surface area contributed by atoms with Crippen molar-refractivity contribution in [3.8, 4) is 11.5 Å². The molecule has 5 heteroatoms. The number of fused-ring (bicyclic) bond motifs is 3. The van der Waals surface area contributed by atoms with E-state index in [1.165, 1.54) is 5.57 Å². The van der Waals surface area contributed by atoms with Gasteiger partial charge in [0.15, 0.2) is 0 Å². The van der Waals surface area contributed by atoms with Crippen LogP contribution in [0.4, 0.5) is 0 Å². The molecule has 2 aliphatic rings. The molecule has 1 N–H and O–H groups in total. The number of ether oxygens (including phenoxy) is 3. The molecule has 0 amide bonds. The van der Waals surface area contributed by atoms with Gasteiger partial charge < -0.3 is 19.3 Å². The number of benzene rings is 1. The summed E-state index contributed by atoms with van der Waals surface area (Å²) >= 11 is 0. The first-order valence-corrected chi connectivity index (χ1v) is 11.1. The number of rotatable bonds is 6. The molecule has 0 saturated heterocycles.